The van der Waals surface area contributed by atoms with Gasteiger partial charge in [0.25, 0.3) is 0 Å². The van der Waals surface area contributed by atoms with E-state index in [4.69, 9.17) is 4.74 Å². The number of benzene rings is 2. The van der Waals surface area contributed by atoms with Crippen molar-refractivity contribution in [2.75, 3.05) is 25.0 Å². The summed E-state index contributed by atoms with van der Waals surface area (Å²) in [5.74, 6) is -1.09. The fourth-order valence-electron chi connectivity index (χ4n) is 3.65. The van der Waals surface area contributed by atoms with Crippen LogP contribution in [0.2, 0.25) is 0 Å². The van der Waals surface area contributed by atoms with Crippen molar-refractivity contribution in [3.63, 3.8) is 0 Å². The first-order chi connectivity index (χ1) is 14.7. The van der Waals surface area contributed by atoms with E-state index in [9.17, 15) is 18.0 Å². The minimum Gasteiger partial charge on any atom is -0.462 e. The Labute approximate surface area is 183 Å². The van der Waals surface area contributed by atoms with Crippen molar-refractivity contribution < 1.29 is 22.7 Å². The van der Waals surface area contributed by atoms with Crippen LogP contribution in [0, 0.1) is 19.8 Å². The molecule has 1 fully saturated rings. The molecule has 2 aromatic rings. The predicted molar refractivity (Wildman–Crippen MR) is 118 cm³/mol. The Bertz CT molecular complexity index is 1060. The average molecular weight is 445 g/mol. The highest BCUT2D eigenvalue weighted by molar-refractivity contribution is 7.89. The molecule has 0 radical (unpaired) electrons. The smallest absolute Gasteiger partial charge is 0.338 e. The van der Waals surface area contributed by atoms with Crippen molar-refractivity contribution in [3.8, 4) is 0 Å². The number of carbonyl (C=O) groups is 2. The van der Waals surface area contributed by atoms with E-state index in [2.05, 4.69) is 5.32 Å². The van der Waals surface area contributed by atoms with Gasteiger partial charge in [-0.05, 0) is 75.1 Å². The number of nitrogens with one attached hydrogen (secondary N) is 1. The summed E-state index contributed by atoms with van der Waals surface area (Å²) in [5, 5.41) is 2.83. The molecule has 3 rings (SSSR count). The summed E-state index contributed by atoms with van der Waals surface area (Å²) in [4.78, 5) is 24.8. The fourth-order valence-corrected chi connectivity index (χ4v) is 5.48. The number of amides is 1. The molecule has 1 aliphatic rings. The highest BCUT2D eigenvalue weighted by atomic mass is 32.2. The monoisotopic (exact) mass is 444 g/mol. The molecule has 0 aromatic heterocycles. The summed E-state index contributed by atoms with van der Waals surface area (Å²) < 4.78 is 32.7. The van der Waals surface area contributed by atoms with Crippen LogP contribution in [0.4, 0.5) is 5.69 Å². The largest absolute Gasteiger partial charge is 0.462 e. The van der Waals surface area contributed by atoms with Crippen LogP contribution in [0.15, 0.2) is 47.4 Å². The van der Waals surface area contributed by atoms with Crippen molar-refractivity contribution in [1.82, 2.24) is 4.31 Å². The van der Waals surface area contributed by atoms with Gasteiger partial charge >= 0.3 is 5.97 Å². The normalized spacial score (nSPS) is 17.2. The van der Waals surface area contributed by atoms with Crippen LogP contribution in [-0.2, 0) is 19.6 Å². The lowest BCUT2D eigenvalue weighted by Crippen LogP contribution is -2.43. The van der Waals surface area contributed by atoms with Gasteiger partial charge in [-0.3, -0.25) is 4.79 Å². The number of nitrogens with zero attached hydrogens (tertiary/aromatic N) is 1. The molecule has 1 N–H and O–H groups in total. The lowest BCUT2D eigenvalue weighted by atomic mass is 9.98. The van der Waals surface area contributed by atoms with E-state index in [1.165, 1.54) is 4.31 Å². The molecule has 0 bridgehead atoms. The molecule has 1 atom stereocenters. The number of esters is 1. The summed E-state index contributed by atoms with van der Waals surface area (Å²) in [5.41, 5.74) is 2.52. The van der Waals surface area contributed by atoms with Crippen molar-refractivity contribution in [1.29, 1.82) is 0 Å². The molecule has 7 nitrogen and oxygen atoms in total. The first-order valence-electron chi connectivity index (χ1n) is 10.4. The van der Waals surface area contributed by atoms with Crippen LogP contribution in [-0.4, -0.2) is 44.3 Å². The van der Waals surface area contributed by atoms with E-state index < -0.39 is 21.9 Å². The molecule has 0 unspecified atom stereocenters. The number of rotatable bonds is 6. The zero-order valence-electron chi connectivity index (χ0n) is 18.1. The highest BCUT2D eigenvalue weighted by Gasteiger charge is 2.34. The minimum atomic E-state index is -3.67. The van der Waals surface area contributed by atoms with E-state index in [1.807, 2.05) is 13.0 Å². The third kappa shape index (κ3) is 5.32. The molecule has 0 spiro atoms. The maximum Gasteiger partial charge on any atom is 0.338 e. The molecule has 1 aliphatic heterocycles. The van der Waals surface area contributed by atoms with Gasteiger partial charge in [-0.25, -0.2) is 13.2 Å². The highest BCUT2D eigenvalue weighted by Crippen LogP contribution is 2.27. The number of piperidine rings is 1. The van der Waals surface area contributed by atoms with Crippen molar-refractivity contribution in [3.05, 3.63) is 59.2 Å². The van der Waals surface area contributed by atoms with Gasteiger partial charge in [0.05, 0.1) is 23.0 Å². The van der Waals surface area contributed by atoms with Gasteiger partial charge in [0.1, 0.15) is 0 Å². The number of sulfonamides is 1. The van der Waals surface area contributed by atoms with Crippen LogP contribution >= 0.6 is 0 Å². The number of hydrogen-bond donors (Lipinski definition) is 1. The second-order valence-corrected chi connectivity index (χ2v) is 9.66. The van der Waals surface area contributed by atoms with Crippen molar-refractivity contribution in [2.24, 2.45) is 5.92 Å². The van der Waals surface area contributed by atoms with Gasteiger partial charge in [-0.1, -0.05) is 12.1 Å². The minimum absolute atomic E-state index is 0.141. The van der Waals surface area contributed by atoms with Gasteiger partial charge in [0, 0.05) is 18.8 Å². The van der Waals surface area contributed by atoms with Crippen LogP contribution in [0.5, 0.6) is 0 Å². The van der Waals surface area contributed by atoms with Crippen LogP contribution in [0.3, 0.4) is 0 Å². The SMILES string of the molecule is CCOC(=O)c1ccc(NC(=O)[C@H]2CCCN(S(=O)(=O)c3cc(C)ccc3C)C2)cc1. The first kappa shape index (κ1) is 23.0. The van der Waals surface area contributed by atoms with E-state index in [1.54, 1.807) is 50.2 Å². The van der Waals surface area contributed by atoms with Gasteiger partial charge in [0.2, 0.25) is 15.9 Å². The summed E-state index contributed by atoms with van der Waals surface area (Å²) in [6.45, 7) is 6.20. The summed E-state index contributed by atoms with van der Waals surface area (Å²) >= 11 is 0. The Balaban J connectivity index is 1.69. The molecule has 2 aromatic carbocycles. The first-order valence-corrected chi connectivity index (χ1v) is 11.8. The predicted octanol–water partition coefficient (Wildman–Crippen LogP) is 3.52. The Kier molecular flexibility index (Phi) is 7.12. The molecular formula is C23H28N2O5S. The second-order valence-electron chi connectivity index (χ2n) is 7.76. The summed E-state index contributed by atoms with van der Waals surface area (Å²) in [6, 6.07) is 11.8. The van der Waals surface area contributed by atoms with E-state index in [0.29, 0.717) is 47.7 Å². The zero-order chi connectivity index (χ0) is 22.6. The van der Waals surface area contributed by atoms with Crippen molar-refractivity contribution >= 4 is 27.6 Å². The Morgan fingerprint density at radius 2 is 1.84 bits per heavy atom. The van der Waals surface area contributed by atoms with E-state index in [0.717, 1.165) is 5.56 Å². The second kappa shape index (κ2) is 9.62. The van der Waals surface area contributed by atoms with Gasteiger partial charge in [-0.15, -0.1) is 0 Å². The Hall–Kier alpha value is -2.71. The maximum atomic E-state index is 13.2. The maximum absolute atomic E-state index is 13.2. The topological polar surface area (TPSA) is 92.8 Å². The zero-order valence-corrected chi connectivity index (χ0v) is 18.9. The van der Waals surface area contributed by atoms with Crippen LogP contribution in [0.25, 0.3) is 0 Å². The number of carbonyl (C=O) groups excluding carboxylic acids is 2. The summed E-state index contributed by atoms with van der Waals surface area (Å²) in [6.07, 6.45) is 1.23. The lowest BCUT2D eigenvalue weighted by molar-refractivity contribution is -0.120. The average Bonchev–Trinajstić information content (AvgIpc) is 2.76. The van der Waals surface area contributed by atoms with E-state index in [-0.39, 0.29) is 12.5 Å². The quantitative estimate of drug-likeness (QED) is 0.688. The molecule has 1 saturated heterocycles. The lowest BCUT2D eigenvalue weighted by Gasteiger charge is -2.31. The molecule has 0 saturated carbocycles. The molecule has 0 aliphatic carbocycles. The molecule has 1 heterocycles. The summed E-state index contributed by atoms with van der Waals surface area (Å²) in [7, 11) is -3.67. The third-order valence-corrected chi connectivity index (χ3v) is 7.39. The van der Waals surface area contributed by atoms with Crippen LogP contribution in [0.1, 0.15) is 41.3 Å². The number of aryl methyl sites for hydroxylation is 2. The number of hydrogen-bond acceptors (Lipinski definition) is 5. The Morgan fingerprint density at radius 1 is 1.13 bits per heavy atom. The van der Waals surface area contributed by atoms with Gasteiger partial charge < -0.3 is 10.1 Å². The van der Waals surface area contributed by atoms with Crippen molar-refractivity contribution in [2.45, 2.75) is 38.5 Å². The standard InChI is InChI=1S/C23H28N2O5S/c1-4-30-23(27)18-9-11-20(12-10-18)24-22(26)19-6-5-13-25(15-19)31(28,29)21-14-16(2)7-8-17(21)3/h7-12,14,19H,4-6,13,15H2,1-3H3,(H,24,26)/t19-/m0/s1. The number of ether oxygens (including phenoxy) is 1. The molecule has 8 heteroatoms. The number of anilines is 1. The van der Waals surface area contributed by atoms with Gasteiger partial charge in [-0.2, -0.15) is 4.31 Å². The molecule has 166 valence electrons. The third-order valence-electron chi connectivity index (χ3n) is 5.38. The molecule has 1 amide bonds. The Morgan fingerprint density at radius 3 is 2.52 bits per heavy atom. The van der Waals surface area contributed by atoms with Crippen LogP contribution < -0.4 is 5.32 Å². The molecular weight excluding hydrogens is 416 g/mol. The van der Waals surface area contributed by atoms with E-state index >= 15 is 0 Å². The molecule has 31 heavy (non-hydrogen) atoms. The van der Waals surface area contributed by atoms with Gasteiger partial charge in [0.15, 0.2) is 0 Å². The fraction of sp³-hybridized carbons (Fsp3) is 0.391.